The van der Waals surface area contributed by atoms with Gasteiger partial charge in [-0.2, -0.15) is 13.2 Å². The lowest BCUT2D eigenvalue weighted by molar-refractivity contribution is -0.137. The molecule has 2 fully saturated rings. The molecule has 50 heavy (non-hydrogen) atoms. The number of rotatable bonds is 7. The summed E-state index contributed by atoms with van der Waals surface area (Å²) in [5, 5.41) is 2.40. The number of alkyl halides is 3. The van der Waals surface area contributed by atoms with E-state index in [1.54, 1.807) is 17.0 Å². The number of aromatic nitrogens is 3. The second-order valence-corrected chi connectivity index (χ2v) is 14.9. The van der Waals surface area contributed by atoms with Gasteiger partial charge < -0.3 is 10.2 Å². The van der Waals surface area contributed by atoms with E-state index in [1.165, 1.54) is 41.1 Å². The molecule has 0 bridgehead atoms. The van der Waals surface area contributed by atoms with Gasteiger partial charge in [-0.15, -0.1) is 0 Å². The molecule has 4 heterocycles. The summed E-state index contributed by atoms with van der Waals surface area (Å²) in [5.74, 6) is -1.44. The molecule has 1 saturated carbocycles. The summed E-state index contributed by atoms with van der Waals surface area (Å²) in [5.41, 5.74) is -0.352. The summed E-state index contributed by atoms with van der Waals surface area (Å²) in [6.45, 7) is 0.321. The van der Waals surface area contributed by atoms with Gasteiger partial charge in [-0.05, 0) is 85.7 Å². The Kier molecular flexibility index (Phi) is 8.53. The van der Waals surface area contributed by atoms with Gasteiger partial charge in [0.15, 0.2) is 0 Å². The van der Waals surface area contributed by atoms with Crippen LogP contribution in [0.15, 0.2) is 78.2 Å². The topological polar surface area (TPSA) is 125 Å². The highest BCUT2D eigenvalue weighted by Crippen LogP contribution is 2.59. The van der Waals surface area contributed by atoms with Crippen molar-refractivity contribution in [1.29, 1.82) is 0 Å². The van der Waals surface area contributed by atoms with Gasteiger partial charge >= 0.3 is 6.18 Å². The Balaban J connectivity index is 1.24. The fraction of sp³-hybridized carbons (Fsp3) is 0.324. The van der Waals surface area contributed by atoms with E-state index in [9.17, 15) is 35.6 Å². The van der Waals surface area contributed by atoms with Gasteiger partial charge in [0.25, 0.3) is 21.8 Å². The van der Waals surface area contributed by atoms with Crippen molar-refractivity contribution < 1.29 is 35.6 Å². The van der Waals surface area contributed by atoms with Crippen LogP contribution in [-0.4, -0.2) is 59.2 Å². The molecule has 7 rings (SSSR count). The number of amides is 2. The monoisotopic (exact) mass is 728 g/mol. The van der Waals surface area contributed by atoms with Crippen LogP contribution in [0.3, 0.4) is 0 Å². The van der Waals surface area contributed by atoms with Crippen molar-refractivity contribution in [2.24, 2.45) is 5.92 Å². The zero-order valence-corrected chi connectivity index (χ0v) is 27.8. The number of halogens is 5. The van der Waals surface area contributed by atoms with E-state index in [0.717, 1.165) is 31.0 Å². The molecule has 2 aliphatic heterocycles. The number of sulfonamides is 1. The number of piperidine rings is 1. The first-order valence-electron chi connectivity index (χ1n) is 15.8. The zero-order valence-electron chi connectivity index (χ0n) is 26.2. The second-order valence-electron chi connectivity index (χ2n) is 12.6. The Bertz CT molecular complexity index is 2070. The highest BCUT2D eigenvalue weighted by Gasteiger charge is 2.60. The van der Waals surface area contributed by atoms with Crippen molar-refractivity contribution >= 4 is 39.1 Å². The van der Waals surface area contributed by atoms with Crippen LogP contribution in [-0.2, 0) is 28.2 Å². The third-order valence-corrected chi connectivity index (χ3v) is 11.8. The van der Waals surface area contributed by atoms with Gasteiger partial charge in [-0.1, -0.05) is 11.6 Å². The Morgan fingerprint density at radius 2 is 1.70 bits per heavy atom. The minimum absolute atomic E-state index is 0.00466. The molecule has 2 aromatic carbocycles. The Labute approximate surface area is 289 Å². The first-order chi connectivity index (χ1) is 23.8. The average molecular weight is 729 g/mol. The lowest BCUT2D eigenvalue weighted by Crippen LogP contribution is -2.54. The fourth-order valence-corrected chi connectivity index (χ4v) is 9.15. The Morgan fingerprint density at radius 1 is 0.980 bits per heavy atom. The maximum absolute atomic E-state index is 14.4. The van der Waals surface area contributed by atoms with Crippen molar-refractivity contribution in [3.05, 3.63) is 112 Å². The van der Waals surface area contributed by atoms with Gasteiger partial charge in [-0.25, -0.2) is 17.8 Å². The standard InChI is InChI=1S/C34H29ClF4N6O4S/c35-26-16-22(34(37,38)39)17-42-27(26)19-43-31(46)21-3-8-29-25(15-21)33(9-13-44(14-10-33)32(47)28-18-40-11-12-41-28)30(20-1-2-20)45(29)50(48,49)24-6-4-23(36)5-7-24/h3-8,11-12,15-18,20,30H,1-2,9-10,13-14,19H2,(H,43,46). The SMILES string of the molecule is O=C(NCc1ncc(C(F)(F)F)cc1Cl)c1ccc2c(c1)C1(CCN(C(=O)c3cnccn3)CC1)C(C1CC1)N2S(=O)(=O)c1ccc(F)cc1. The quantitative estimate of drug-likeness (QED) is 0.240. The lowest BCUT2D eigenvalue weighted by atomic mass is 9.68. The molecule has 0 radical (unpaired) electrons. The van der Waals surface area contributed by atoms with Crippen molar-refractivity contribution in [2.45, 2.75) is 54.8 Å². The fourth-order valence-electron chi connectivity index (χ4n) is 7.12. The minimum atomic E-state index is -4.63. The van der Waals surface area contributed by atoms with Gasteiger partial charge in [-0.3, -0.25) is 23.9 Å². The molecular weight excluding hydrogens is 700 g/mol. The van der Waals surface area contributed by atoms with Gasteiger partial charge in [0, 0.05) is 42.7 Å². The van der Waals surface area contributed by atoms with E-state index in [-0.39, 0.29) is 58.3 Å². The van der Waals surface area contributed by atoms with Crippen LogP contribution in [0.4, 0.5) is 23.2 Å². The number of fused-ring (bicyclic) bond motifs is 2. The Hall–Kier alpha value is -4.63. The first-order valence-corrected chi connectivity index (χ1v) is 17.6. The highest BCUT2D eigenvalue weighted by molar-refractivity contribution is 7.93. The van der Waals surface area contributed by atoms with E-state index in [4.69, 9.17) is 11.6 Å². The third-order valence-electron chi connectivity index (χ3n) is 9.68. The molecule has 1 atom stereocenters. The predicted octanol–water partition coefficient (Wildman–Crippen LogP) is 5.77. The van der Waals surface area contributed by atoms with Gasteiger partial charge in [0.2, 0.25) is 0 Å². The number of pyridine rings is 1. The summed E-state index contributed by atoms with van der Waals surface area (Å²) in [4.78, 5) is 40.3. The van der Waals surface area contributed by atoms with Crippen LogP contribution in [0.2, 0.25) is 5.02 Å². The molecule has 3 aliphatic rings. The van der Waals surface area contributed by atoms with E-state index >= 15 is 0 Å². The number of carbonyl (C=O) groups is 2. The van der Waals surface area contributed by atoms with Crippen LogP contribution in [0.1, 0.15) is 63.4 Å². The number of nitrogens with one attached hydrogen (secondary N) is 1. The predicted molar refractivity (Wildman–Crippen MR) is 173 cm³/mol. The zero-order chi connectivity index (χ0) is 35.4. The normalized spacial score (nSPS) is 18.6. The summed E-state index contributed by atoms with van der Waals surface area (Å²) >= 11 is 6.05. The highest BCUT2D eigenvalue weighted by atomic mass is 35.5. The van der Waals surface area contributed by atoms with Crippen molar-refractivity contribution in [3.63, 3.8) is 0 Å². The maximum Gasteiger partial charge on any atom is 0.417 e. The van der Waals surface area contributed by atoms with Crippen LogP contribution in [0, 0.1) is 11.7 Å². The lowest BCUT2D eigenvalue weighted by Gasteiger charge is -2.45. The summed E-state index contributed by atoms with van der Waals surface area (Å²) < 4.78 is 83.3. The second kappa shape index (κ2) is 12.6. The maximum atomic E-state index is 14.4. The first kappa shape index (κ1) is 33.8. The molecule has 1 N–H and O–H groups in total. The molecule has 2 amide bonds. The molecule has 1 aliphatic carbocycles. The van der Waals surface area contributed by atoms with Crippen molar-refractivity contribution in [3.8, 4) is 0 Å². The molecule has 1 spiro atoms. The molecule has 1 saturated heterocycles. The van der Waals surface area contributed by atoms with Crippen LogP contribution in [0.25, 0.3) is 0 Å². The number of benzene rings is 2. The van der Waals surface area contributed by atoms with Gasteiger partial charge in [0.05, 0.1) is 45.6 Å². The molecule has 10 nitrogen and oxygen atoms in total. The molecule has 16 heteroatoms. The van der Waals surface area contributed by atoms with E-state index in [2.05, 4.69) is 20.3 Å². The number of nitrogens with zero attached hydrogens (tertiary/aromatic N) is 5. The minimum Gasteiger partial charge on any atom is -0.346 e. The summed E-state index contributed by atoms with van der Waals surface area (Å²) in [7, 11) is -4.21. The third kappa shape index (κ3) is 6.06. The number of anilines is 1. The van der Waals surface area contributed by atoms with Gasteiger partial charge in [0.1, 0.15) is 11.5 Å². The number of hydrogen-bond acceptors (Lipinski definition) is 7. The smallest absolute Gasteiger partial charge is 0.346 e. The van der Waals surface area contributed by atoms with Crippen LogP contribution < -0.4 is 9.62 Å². The number of likely N-dealkylation sites (tertiary alicyclic amines) is 1. The Morgan fingerprint density at radius 3 is 2.32 bits per heavy atom. The molecular formula is C34H29ClF4N6O4S. The molecule has 260 valence electrons. The van der Waals surface area contributed by atoms with Crippen LogP contribution in [0.5, 0.6) is 0 Å². The molecule has 4 aromatic rings. The van der Waals surface area contributed by atoms with E-state index < -0.39 is 44.9 Å². The van der Waals surface area contributed by atoms with Crippen molar-refractivity contribution in [1.82, 2.24) is 25.2 Å². The van der Waals surface area contributed by atoms with E-state index in [0.29, 0.717) is 30.3 Å². The van der Waals surface area contributed by atoms with E-state index in [1.807, 2.05) is 0 Å². The molecule has 1 unspecified atom stereocenters. The molecule has 2 aromatic heterocycles. The average Bonchev–Trinajstić information content (AvgIpc) is 3.91. The number of carbonyl (C=O) groups excluding carboxylic acids is 2. The van der Waals surface area contributed by atoms with Crippen molar-refractivity contribution in [2.75, 3.05) is 17.4 Å². The summed E-state index contributed by atoms with van der Waals surface area (Å²) in [6, 6.07) is 9.56. The largest absolute Gasteiger partial charge is 0.417 e. The summed E-state index contributed by atoms with van der Waals surface area (Å²) in [6.07, 6.45) is 2.64. The number of hydrogen-bond donors (Lipinski definition) is 1. The van der Waals surface area contributed by atoms with Crippen LogP contribution >= 0.6 is 11.6 Å².